The zero-order valence-corrected chi connectivity index (χ0v) is 20.3. The maximum atomic E-state index is 12.9. The first-order valence-corrected chi connectivity index (χ1v) is 11.4. The van der Waals surface area contributed by atoms with E-state index in [4.69, 9.17) is 26.2 Å². The molecule has 4 rings (SSSR count). The summed E-state index contributed by atoms with van der Waals surface area (Å²) in [5.41, 5.74) is 3.32. The molecule has 1 heterocycles. The van der Waals surface area contributed by atoms with Crippen molar-refractivity contribution in [3.63, 3.8) is 0 Å². The van der Waals surface area contributed by atoms with E-state index in [9.17, 15) is 14.4 Å². The SMILES string of the molecule is COc1cc(/C=C2/NC(=O)N(Cc3cccc(C)c3)C2=O)cc(Cl)c1OCc1cccc(C(=O)O)c1. The monoisotopic (exact) mass is 506 g/mol. The average molecular weight is 507 g/mol. The van der Waals surface area contributed by atoms with Gasteiger partial charge in [0.1, 0.15) is 12.3 Å². The van der Waals surface area contributed by atoms with E-state index in [2.05, 4.69) is 5.32 Å². The predicted molar refractivity (Wildman–Crippen MR) is 134 cm³/mol. The third-order valence-electron chi connectivity index (χ3n) is 5.51. The van der Waals surface area contributed by atoms with E-state index >= 15 is 0 Å². The number of ether oxygens (including phenoxy) is 2. The highest BCUT2D eigenvalue weighted by molar-refractivity contribution is 6.32. The maximum Gasteiger partial charge on any atom is 0.335 e. The fourth-order valence-electron chi connectivity index (χ4n) is 3.79. The number of imide groups is 1. The second kappa shape index (κ2) is 10.5. The van der Waals surface area contributed by atoms with Gasteiger partial charge in [-0.25, -0.2) is 9.59 Å². The number of nitrogens with one attached hydrogen (secondary N) is 1. The van der Waals surface area contributed by atoms with Gasteiger partial charge in [0.05, 0.1) is 24.2 Å². The zero-order chi connectivity index (χ0) is 25.8. The maximum absolute atomic E-state index is 12.9. The average Bonchev–Trinajstić information content (AvgIpc) is 3.10. The molecule has 0 aromatic heterocycles. The minimum absolute atomic E-state index is 0.0695. The normalized spacial score (nSPS) is 14.2. The Kier molecular flexibility index (Phi) is 7.26. The predicted octanol–water partition coefficient (Wildman–Crippen LogP) is 5.03. The highest BCUT2D eigenvalue weighted by Gasteiger charge is 2.33. The molecule has 1 aliphatic heterocycles. The van der Waals surface area contributed by atoms with Gasteiger partial charge >= 0.3 is 12.0 Å². The van der Waals surface area contributed by atoms with Gasteiger partial charge in [0, 0.05) is 0 Å². The van der Waals surface area contributed by atoms with Crippen LogP contribution in [0.4, 0.5) is 4.79 Å². The third-order valence-corrected chi connectivity index (χ3v) is 5.79. The highest BCUT2D eigenvalue weighted by Crippen LogP contribution is 2.37. The van der Waals surface area contributed by atoms with E-state index in [0.29, 0.717) is 16.9 Å². The van der Waals surface area contributed by atoms with Gasteiger partial charge in [-0.3, -0.25) is 9.69 Å². The molecule has 2 N–H and O–H groups in total. The minimum Gasteiger partial charge on any atom is -0.493 e. The van der Waals surface area contributed by atoms with E-state index in [1.807, 2.05) is 31.2 Å². The molecule has 0 saturated carbocycles. The van der Waals surface area contributed by atoms with E-state index in [1.165, 1.54) is 25.3 Å². The second-order valence-corrected chi connectivity index (χ2v) is 8.60. The fraction of sp³-hybridized carbons (Fsp3) is 0.148. The number of carboxylic acids is 1. The standard InChI is InChI=1S/C27H23ClN2O6/c1-16-5-3-6-17(9-16)14-30-25(31)22(29-27(30)34)12-19-11-21(28)24(23(13-19)35-2)36-15-18-7-4-8-20(10-18)26(32)33/h3-13H,14-15H2,1-2H3,(H,29,34)(H,32,33)/b22-12+. The van der Waals surface area contributed by atoms with E-state index in [0.717, 1.165) is 16.0 Å². The van der Waals surface area contributed by atoms with Crippen LogP contribution in [0, 0.1) is 6.92 Å². The Morgan fingerprint density at radius 2 is 1.83 bits per heavy atom. The molecule has 1 saturated heterocycles. The van der Waals surface area contributed by atoms with Gasteiger partial charge in [0.25, 0.3) is 5.91 Å². The quantitative estimate of drug-likeness (QED) is 0.328. The van der Waals surface area contributed by atoms with Crippen molar-refractivity contribution in [3.05, 3.63) is 99.2 Å². The summed E-state index contributed by atoms with van der Waals surface area (Å²) in [7, 11) is 1.45. The number of urea groups is 1. The number of halogens is 1. The number of carbonyl (C=O) groups is 3. The molecule has 184 valence electrons. The van der Waals surface area contributed by atoms with Crippen molar-refractivity contribution in [2.75, 3.05) is 7.11 Å². The van der Waals surface area contributed by atoms with Gasteiger partial charge in [-0.2, -0.15) is 0 Å². The molecule has 3 aromatic carbocycles. The zero-order valence-electron chi connectivity index (χ0n) is 19.6. The van der Waals surface area contributed by atoms with Crippen LogP contribution in [0.5, 0.6) is 11.5 Å². The Bertz CT molecular complexity index is 1380. The Hall–Kier alpha value is -4.30. The summed E-state index contributed by atoms with van der Waals surface area (Å²) in [5, 5.41) is 12.0. The first kappa shape index (κ1) is 24.8. The molecule has 3 amide bonds. The van der Waals surface area contributed by atoms with Crippen LogP contribution in [0.2, 0.25) is 5.02 Å². The molecule has 0 radical (unpaired) electrons. The lowest BCUT2D eigenvalue weighted by Gasteiger charge is -2.14. The van der Waals surface area contributed by atoms with Crippen LogP contribution in [0.25, 0.3) is 6.08 Å². The summed E-state index contributed by atoms with van der Waals surface area (Å²) in [6.45, 7) is 2.17. The fourth-order valence-corrected chi connectivity index (χ4v) is 4.06. The van der Waals surface area contributed by atoms with Gasteiger partial charge in [-0.1, -0.05) is 53.6 Å². The number of hydrogen-bond donors (Lipinski definition) is 2. The Labute approximate surface area is 212 Å². The van der Waals surface area contributed by atoms with Crippen LogP contribution >= 0.6 is 11.6 Å². The van der Waals surface area contributed by atoms with Crippen molar-refractivity contribution < 1.29 is 29.0 Å². The molecule has 0 unspecified atom stereocenters. The number of carboxylic acid groups (broad SMARTS) is 1. The third kappa shape index (κ3) is 5.50. The van der Waals surface area contributed by atoms with Crippen molar-refractivity contribution in [2.45, 2.75) is 20.1 Å². The van der Waals surface area contributed by atoms with E-state index < -0.39 is 17.9 Å². The largest absolute Gasteiger partial charge is 0.493 e. The topological polar surface area (TPSA) is 105 Å². The number of nitrogens with zero attached hydrogens (tertiary/aromatic N) is 1. The number of rotatable bonds is 8. The van der Waals surface area contributed by atoms with Gasteiger partial charge < -0.3 is 19.9 Å². The van der Waals surface area contributed by atoms with Crippen molar-refractivity contribution in [1.29, 1.82) is 0 Å². The molecule has 0 spiro atoms. The molecule has 1 fully saturated rings. The molecule has 8 nitrogen and oxygen atoms in total. The van der Waals surface area contributed by atoms with E-state index in [-0.39, 0.29) is 35.2 Å². The van der Waals surface area contributed by atoms with Crippen molar-refractivity contribution in [3.8, 4) is 11.5 Å². The summed E-state index contributed by atoms with van der Waals surface area (Å²) >= 11 is 6.45. The molecular formula is C27H23ClN2O6. The summed E-state index contributed by atoms with van der Waals surface area (Å²) in [5.74, 6) is -0.895. The van der Waals surface area contributed by atoms with Crippen LogP contribution in [0.3, 0.4) is 0 Å². The van der Waals surface area contributed by atoms with Gasteiger partial charge in [0.2, 0.25) is 0 Å². The molecule has 3 aromatic rings. The van der Waals surface area contributed by atoms with E-state index in [1.54, 1.807) is 24.3 Å². The van der Waals surface area contributed by atoms with Crippen molar-refractivity contribution in [1.82, 2.24) is 10.2 Å². The summed E-state index contributed by atoms with van der Waals surface area (Å²) in [6.07, 6.45) is 1.52. The molecule has 36 heavy (non-hydrogen) atoms. The van der Waals surface area contributed by atoms with Crippen LogP contribution < -0.4 is 14.8 Å². The van der Waals surface area contributed by atoms with Crippen LogP contribution in [-0.4, -0.2) is 35.0 Å². The van der Waals surface area contributed by atoms with Gasteiger partial charge in [-0.15, -0.1) is 0 Å². The lowest BCUT2D eigenvalue weighted by molar-refractivity contribution is -0.123. The number of hydrogen-bond acceptors (Lipinski definition) is 5. The van der Waals surface area contributed by atoms with Crippen LogP contribution in [-0.2, 0) is 17.9 Å². The number of aryl methyl sites for hydroxylation is 1. The molecular weight excluding hydrogens is 484 g/mol. The Balaban J connectivity index is 1.53. The van der Waals surface area contributed by atoms with Crippen LogP contribution in [0.15, 0.2) is 66.4 Å². The number of carbonyl (C=O) groups excluding carboxylic acids is 2. The van der Waals surface area contributed by atoms with Crippen LogP contribution in [0.1, 0.15) is 32.6 Å². The Morgan fingerprint density at radius 1 is 1.08 bits per heavy atom. The summed E-state index contributed by atoms with van der Waals surface area (Å²) in [6, 6.07) is 16.7. The van der Waals surface area contributed by atoms with Gasteiger partial charge in [0.15, 0.2) is 11.5 Å². The van der Waals surface area contributed by atoms with Gasteiger partial charge in [-0.05, 0) is 54.0 Å². The number of aromatic carboxylic acids is 1. The molecule has 9 heteroatoms. The summed E-state index contributed by atoms with van der Waals surface area (Å²) < 4.78 is 11.2. The lowest BCUT2D eigenvalue weighted by Crippen LogP contribution is -2.30. The lowest BCUT2D eigenvalue weighted by atomic mass is 10.1. The summed E-state index contributed by atoms with van der Waals surface area (Å²) in [4.78, 5) is 37.7. The Morgan fingerprint density at radius 3 is 2.56 bits per heavy atom. The first-order valence-electron chi connectivity index (χ1n) is 11.0. The minimum atomic E-state index is -1.03. The molecule has 0 atom stereocenters. The number of amides is 3. The highest BCUT2D eigenvalue weighted by atomic mass is 35.5. The first-order chi connectivity index (χ1) is 17.2. The molecule has 0 aliphatic carbocycles. The van der Waals surface area contributed by atoms with Crippen molar-refractivity contribution in [2.24, 2.45) is 0 Å². The number of methoxy groups -OCH3 is 1. The number of benzene rings is 3. The smallest absolute Gasteiger partial charge is 0.335 e. The van der Waals surface area contributed by atoms with Crippen molar-refractivity contribution >= 4 is 35.6 Å². The molecule has 1 aliphatic rings. The second-order valence-electron chi connectivity index (χ2n) is 8.20. The molecule has 0 bridgehead atoms.